The van der Waals surface area contributed by atoms with E-state index in [0.29, 0.717) is 38.5 Å². The summed E-state index contributed by atoms with van der Waals surface area (Å²) in [7, 11) is 0. The molecule has 0 radical (unpaired) electrons. The van der Waals surface area contributed by atoms with Gasteiger partial charge in [0.2, 0.25) is 82.7 Å². The zero-order valence-corrected chi connectivity index (χ0v) is 50.0. The van der Waals surface area contributed by atoms with Gasteiger partial charge in [-0.15, -0.1) is 0 Å². The minimum absolute atomic E-state index is 0.0132. The van der Waals surface area contributed by atoms with Crippen molar-refractivity contribution in [3.63, 3.8) is 0 Å². The number of nitrogens with one attached hydrogen (secondary N) is 12. The molecule has 3 aliphatic heterocycles. The number of nitrogens with zero attached hydrogens (tertiary/aromatic N) is 2. The number of amides is 14. The molecular weight excluding hydrogens is 1160 g/mol. The van der Waals surface area contributed by atoms with Crippen LogP contribution < -0.4 is 87.4 Å². The van der Waals surface area contributed by atoms with Crippen molar-refractivity contribution in [1.82, 2.24) is 73.6 Å². The summed E-state index contributed by atoms with van der Waals surface area (Å²) in [5.74, 6) is 10.1. The number of nitrogens with two attached hydrogens (primary N) is 4. The van der Waals surface area contributed by atoms with Crippen LogP contribution in [-0.4, -0.2) is 220 Å². The molecule has 36 heteroatoms. The summed E-state index contributed by atoms with van der Waals surface area (Å²) >= 11 is 0. The lowest BCUT2D eigenvalue weighted by Crippen LogP contribution is -2.59. The van der Waals surface area contributed by atoms with Crippen LogP contribution in [0.15, 0.2) is 0 Å². The number of fused-ring (bicyclic) bond motifs is 2. The van der Waals surface area contributed by atoms with Crippen molar-refractivity contribution in [2.45, 2.75) is 165 Å². The lowest BCUT2D eigenvalue weighted by Gasteiger charge is -2.30. The van der Waals surface area contributed by atoms with Crippen molar-refractivity contribution < 1.29 is 86.5 Å². The van der Waals surface area contributed by atoms with E-state index in [1.165, 1.54) is 23.6 Å². The molecule has 3 saturated heterocycles. The predicted molar refractivity (Wildman–Crippen MR) is 306 cm³/mol. The van der Waals surface area contributed by atoms with Gasteiger partial charge >= 0.3 is 0 Å². The molecule has 496 valence electrons. The zero-order valence-electron chi connectivity index (χ0n) is 50.0. The molecule has 36 nitrogen and oxygen atoms in total. The lowest BCUT2D eigenvalue weighted by atomic mass is 10.1. The standard InChI is InChI=1S/C52H90N18O18/c1-31-45(77)67-35(15-5-9-21-59-43(75)29-87-55)51(83)69-23-11-17-37(69)49(81)62-26-40(72)66-34(14-4-8-20-58-42(74)28-86-54)48(80)64-32(2)46(78)68-36(16-6-10-22-60-44(76)30-88-56)52(84)70-24-12-18-38(70)50(82)61-25-39(71)65-33(47(79)63-31)13-3-7-19-57-41(73)27-85-53/h31-38H,3-30,53-56H2,1-2H3,(H,57,73)(H,58,74)(H,59,75)(H,60,76)(H,61,82)(H,62,81)(H,63,79)(H,64,80)(H,65,71)(H,66,72)(H,67,77)(H,68,78)/t31-,32+,33-,34-,35-,36+,37+,38+/m1/s1. The van der Waals surface area contributed by atoms with Gasteiger partial charge in [0, 0.05) is 39.3 Å². The molecule has 0 bridgehead atoms. The third-order valence-electron chi connectivity index (χ3n) is 14.4. The Kier molecular flexibility index (Phi) is 35.1. The maximum Gasteiger partial charge on any atom is 0.248 e. The second-order valence-electron chi connectivity index (χ2n) is 21.3. The maximum absolute atomic E-state index is 14.5. The van der Waals surface area contributed by atoms with Gasteiger partial charge in [-0.05, 0) is 117 Å². The van der Waals surface area contributed by atoms with Crippen LogP contribution in [0.4, 0.5) is 0 Å². The number of carbonyl (C=O) groups is 14. The quantitative estimate of drug-likeness (QED) is 0.0256. The normalized spacial score (nSPS) is 23.3. The van der Waals surface area contributed by atoms with Gasteiger partial charge in [0.25, 0.3) is 0 Å². The Morgan fingerprint density at radius 2 is 0.705 bits per heavy atom. The van der Waals surface area contributed by atoms with Crippen LogP contribution in [0.5, 0.6) is 0 Å². The highest BCUT2D eigenvalue weighted by atomic mass is 16.6. The van der Waals surface area contributed by atoms with Gasteiger partial charge in [-0.2, -0.15) is 0 Å². The fourth-order valence-corrected chi connectivity index (χ4v) is 9.78. The Bertz CT molecular complexity index is 2220. The first-order valence-corrected chi connectivity index (χ1v) is 29.4. The van der Waals surface area contributed by atoms with Crippen molar-refractivity contribution >= 4 is 82.7 Å². The van der Waals surface area contributed by atoms with Gasteiger partial charge in [-0.25, -0.2) is 23.6 Å². The zero-order chi connectivity index (χ0) is 65.0. The van der Waals surface area contributed by atoms with Crippen molar-refractivity contribution in [2.75, 3.05) is 78.8 Å². The van der Waals surface area contributed by atoms with Crippen LogP contribution in [-0.2, 0) is 86.5 Å². The molecule has 3 fully saturated rings. The van der Waals surface area contributed by atoms with Gasteiger partial charge in [0.05, 0.1) is 13.1 Å². The van der Waals surface area contributed by atoms with Crippen LogP contribution in [0, 0.1) is 0 Å². The monoisotopic (exact) mass is 1250 g/mol. The largest absolute Gasteiger partial charge is 0.354 e. The predicted octanol–water partition coefficient (Wildman–Crippen LogP) is -8.13. The highest BCUT2D eigenvalue weighted by Crippen LogP contribution is 2.22. The summed E-state index contributed by atoms with van der Waals surface area (Å²) < 4.78 is 0. The molecule has 20 N–H and O–H groups in total. The van der Waals surface area contributed by atoms with Crippen LogP contribution >= 0.6 is 0 Å². The van der Waals surface area contributed by atoms with Gasteiger partial charge in [0.1, 0.15) is 74.8 Å². The summed E-state index contributed by atoms with van der Waals surface area (Å²) in [5, 5.41) is 31.0. The van der Waals surface area contributed by atoms with E-state index in [0.717, 1.165) is 0 Å². The first-order chi connectivity index (χ1) is 42.1. The Balaban J connectivity index is 2.01. The average Bonchev–Trinajstić information content (AvgIpc) is 4.41. The molecule has 0 unspecified atom stereocenters. The maximum atomic E-state index is 14.5. The number of unbranched alkanes of at least 4 members (excludes halogenated alkanes) is 4. The van der Waals surface area contributed by atoms with Crippen LogP contribution in [0.25, 0.3) is 0 Å². The molecule has 0 aromatic heterocycles. The van der Waals surface area contributed by atoms with E-state index in [1.54, 1.807) is 0 Å². The molecule has 3 rings (SSSR count). The van der Waals surface area contributed by atoms with Crippen molar-refractivity contribution in [1.29, 1.82) is 0 Å². The van der Waals surface area contributed by atoms with Gasteiger partial charge < -0.3 is 73.6 Å². The third kappa shape index (κ3) is 27.5. The first kappa shape index (κ1) is 74.5. The molecule has 3 heterocycles. The first-order valence-electron chi connectivity index (χ1n) is 29.4. The number of rotatable bonds is 28. The van der Waals surface area contributed by atoms with Crippen molar-refractivity contribution in [3.05, 3.63) is 0 Å². The summed E-state index contributed by atoms with van der Waals surface area (Å²) in [4.78, 5) is 208. The molecule has 14 amide bonds. The summed E-state index contributed by atoms with van der Waals surface area (Å²) in [6, 6.07) is -10.2. The second-order valence-corrected chi connectivity index (χ2v) is 21.3. The molecule has 0 saturated carbocycles. The van der Waals surface area contributed by atoms with Crippen LogP contribution in [0.1, 0.15) is 117 Å². The third-order valence-corrected chi connectivity index (χ3v) is 14.4. The minimum Gasteiger partial charge on any atom is -0.354 e. The minimum atomic E-state index is -1.35. The number of carbonyl (C=O) groups excluding carboxylic acids is 14. The van der Waals surface area contributed by atoms with Crippen LogP contribution in [0.3, 0.4) is 0 Å². The summed E-state index contributed by atoms with van der Waals surface area (Å²) in [5.41, 5.74) is 0. The Morgan fingerprint density at radius 1 is 0.409 bits per heavy atom. The van der Waals surface area contributed by atoms with Gasteiger partial charge in [0.15, 0.2) is 0 Å². The van der Waals surface area contributed by atoms with E-state index in [9.17, 15) is 67.1 Å². The van der Waals surface area contributed by atoms with Crippen molar-refractivity contribution in [2.24, 2.45) is 23.6 Å². The van der Waals surface area contributed by atoms with E-state index in [4.69, 9.17) is 23.6 Å². The fraction of sp³-hybridized carbons (Fsp3) is 0.731. The summed E-state index contributed by atoms with van der Waals surface area (Å²) in [6.45, 7) is 0.368. The van der Waals surface area contributed by atoms with Crippen molar-refractivity contribution in [3.8, 4) is 0 Å². The highest BCUT2D eigenvalue weighted by Gasteiger charge is 2.40. The smallest absolute Gasteiger partial charge is 0.248 e. The van der Waals surface area contributed by atoms with E-state index < -0.39 is 171 Å². The molecule has 8 atom stereocenters. The number of hydrogen-bond acceptors (Lipinski definition) is 22. The lowest BCUT2D eigenvalue weighted by molar-refractivity contribution is -0.142. The summed E-state index contributed by atoms with van der Waals surface area (Å²) in [6.07, 6.45) is 3.09. The Morgan fingerprint density at radius 3 is 1.00 bits per heavy atom. The molecule has 0 aromatic rings. The highest BCUT2D eigenvalue weighted by molar-refractivity contribution is 5.99. The molecule has 3 aliphatic rings. The van der Waals surface area contributed by atoms with E-state index in [1.807, 2.05) is 0 Å². The fourth-order valence-electron chi connectivity index (χ4n) is 9.78. The molecule has 0 aromatic carbocycles. The second kappa shape index (κ2) is 41.4. The van der Waals surface area contributed by atoms with Gasteiger partial charge in [-0.1, -0.05) is 0 Å². The SMILES string of the molecule is C[C@@H]1NC(=O)[C@@H](CCCCNC(=O)CON)NC(=O)CNC(=O)[C@@H]2CCCN2C(=O)[C@@H](CCCCNC(=O)CON)NC(=O)[C@@H](C)NC(=O)[C@@H](CCCCNC(=O)CON)NC(=O)CNC(=O)[C@@H]2CCCN2C(=O)[C@H](CCCCNC(=O)CON)NC1=O. The Hall–Kier alpha value is -7.74. The average molecular weight is 1260 g/mol. The Labute approximate surface area is 508 Å². The molecule has 0 spiro atoms. The molecule has 0 aliphatic carbocycles. The number of hydrogen-bond donors (Lipinski definition) is 16. The van der Waals surface area contributed by atoms with Gasteiger partial charge in [-0.3, -0.25) is 86.5 Å². The van der Waals surface area contributed by atoms with E-state index >= 15 is 0 Å². The molecule has 88 heavy (non-hydrogen) atoms. The molecular formula is C52H90N18O18. The van der Waals surface area contributed by atoms with Crippen LogP contribution in [0.2, 0.25) is 0 Å². The van der Waals surface area contributed by atoms with E-state index in [2.05, 4.69) is 83.2 Å². The topological polar surface area (TPSA) is 531 Å². The van der Waals surface area contributed by atoms with E-state index in [-0.39, 0.29) is 103 Å².